The van der Waals surface area contributed by atoms with E-state index < -0.39 is 0 Å². The average Bonchev–Trinajstić information content (AvgIpc) is 2.52. The summed E-state index contributed by atoms with van der Waals surface area (Å²) in [5, 5.41) is 5.32. The van der Waals surface area contributed by atoms with E-state index in [0.717, 1.165) is 13.0 Å². The second-order valence-electron chi connectivity index (χ2n) is 2.38. The third-order valence-electron chi connectivity index (χ3n) is 1.50. The second-order valence-corrected chi connectivity index (χ2v) is 3.88. The lowest BCUT2D eigenvalue weighted by atomic mass is 10.2. The summed E-state index contributed by atoms with van der Waals surface area (Å²) in [4.78, 5) is 1.27. The van der Waals surface area contributed by atoms with Gasteiger partial charge in [-0.15, -0.1) is 22.9 Å². The van der Waals surface area contributed by atoms with Crippen LogP contribution in [0.2, 0.25) is 0 Å². The van der Waals surface area contributed by atoms with E-state index in [-0.39, 0.29) is 5.38 Å². The van der Waals surface area contributed by atoms with Crippen LogP contribution in [0.1, 0.15) is 16.7 Å². The van der Waals surface area contributed by atoms with Gasteiger partial charge in [-0.25, -0.2) is 0 Å². The zero-order valence-electron chi connectivity index (χ0n) is 6.51. The van der Waals surface area contributed by atoms with Gasteiger partial charge in [-0.3, -0.25) is 0 Å². The molecule has 0 spiro atoms. The molecule has 11 heavy (non-hydrogen) atoms. The molecule has 62 valence electrons. The van der Waals surface area contributed by atoms with Crippen molar-refractivity contribution >= 4 is 22.9 Å². The maximum absolute atomic E-state index is 6.10. The van der Waals surface area contributed by atoms with E-state index in [1.807, 2.05) is 13.1 Å². The quantitative estimate of drug-likeness (QED) is 0.719. The molecule has 0 aromatic carbocycles. The molecule has 0 fully saturated rings. The number of nitrogens with one attached hydrogen (secondary N) is 1. The van der Waals surface area contributed by atoms with Gasteiger partial charge in [-0.1, -0.05) is 6.07 Å². The lowest BCUT2D eigenvalue weighted by molar-refractivity contribution is 0.715. The topological polar surface area (TPSA) is 12.0 Å². The first-order chi connectivity index (χ1) is 5.34. The van der Waals surface area contributed by atoms with Gasteiger partial charge in [0, 0.05) is 4.88 Å². The highest BCUT2D eigenvalue weighted by molar-refractivity contribution is 7.10. The number of rotatable bonds is 4. The molecule has 0 aliphatic rings. The highest BCUT2D eigenvalue weighted by Crippen LogP contribution is 2.27. The van der Waals surface area contributed by atoms with Crippen molar-refractivity contribution in [2.45, 2.75) is 11.8 Å². The highest BCUT2D eigenvalue weighted by atomic mass is 35.5. The summed E-state index contributed by atoms with van der Waals surface area (Å²) < 4.78 is 0. The maximum atomic E-state index is 6.10. The van der Waals surface area contributed by atoms with Crippen LogP contribution in [0.5, 0.6) is 0 Å². The lowest BCUT2D eigenvalue weighted by Crippen LogP contribution is -2.09. The Labute approximate surface area is 76.4 Å². The fraction of sp³-hybridized carbons (Fsp3) is 0.500. The number of alkyl halides is 1. The van der Waals surface area contributed by atoms with Crippen LogP contribution in [0.25, 0.3) is 0 Å². The predicted octanol–water partition coefficient (Wildman–Crippen LogP) is 2.64. The molecule has 1 heterocycles. The summed E-state index contributed by atoms with van der Waals surface area (Å²) in [7, 11) is 1.94. The third-order valence-corrected chi connectivity index (χ3v) is 3.07. The van der Waals surface area contributed by atoms with E-state index >= 15 is 0 Å². The normalized spacial score (nSPS) is 13.3. The van der Waals surface area contributed by atoms with Crippen molar-refractivity contribution in [1.29, 1.82) is 0 Å². The fourth-order valence-electron chi connectivity index (χ4n) is 0.883. The van der Waals surface area contributed by atoms with Gasteiger partial charge in [-0.2, -0.15) is 0 Å². The number of hydrogen-bond acceptors (Lipinski definition) is 2. The van der Waals surface area contributed by atoms with E-state index in [4.69, 9.17) is 11.6 Å². The van der Waals surface area contributed by atoms with Crippen molar-refractivity contribution in [2.75, 3.05) is 13.6 Å². The van der Waals surface area contributed by atoms with Crippen LogP contribution in [0.4, 0.5) is 0 Å². The first-order valence-corrected chi connectivity index (χ1v) is 4.98. The Bertz CT molecular complexity index is 186. The van der Waals surface area contributed by atoms with Gasteiger partial charge in [-0.05, 0) is 31.5 Å². The number of hydrogen-bond donors (Lipinski definition) is 1. The molecule has 0 radical (unpaired) electrons. The highest BCUT2D eigenvalue weighted by Gasteiger charge is 2.06. The minimum Gasteiger partial charge on any atom is -0.320 e. The van der Waals surface area contributed by atoms with Gasteiger partial charge in [0.05, 0.1) is 5.38 Å². The Kier molecular flexibility index (Phi) is 3.91. The van der Waals surface area contributed by atoms with E-state index in [1.54, 1.807) is 11.3 Å². The van der Waals surface area contributed by atoms with Gasteiger partial charge in [0.2, 0.25) is 0 Å². The van der Waals surface area contributed by atoms with Crippen LogP contribution < -0.4 is 5.32 Å². The number of thiophene rings is 1. The molecule has 1 aromatic rings. The summed E-state index contributed by atoms with van der Waals surface area (Å²) >= 11 is 7.82. The summed E-state index contributed by atoms with van der Waals surface area (Å²) in [6.45, 7) is 0.978. The van der Waals surface area contributed by atoms with Gasteiger partial charge in [0.1, 0.15) is 0 Å². The Balaban J connectivity index is 2.36. The fourth-order valence-corrected chi connectivity index (χ4v) is 1.96. The lowest BCUT2D eigenvalue weighted by Gasteiger charge is -2.05. The largest absolute Gasteiger partial charge is 0.320 e. The van der Waals surface area contributed by atoms with Crippen molar-refractivity contribution in [1.82, 2.24) is 5.32 Å². The van der Waals surface area contributed by atoms with E-state index in [9.17, 15) is 0 Å². The molecule has 1 aromatic heterocycles. The van der Waals surface area contributed by atoms with Gasteiger partial charge < -0.3 is 5.32 Å². The minimum atomic E-state index is 0.183. The third kappa shape index (κ3) is 2.81. The zero-order valence-corrected chi connectivity index (χ0v) is 8.08. The maximum Gasteiger partial charge on any atom is 0.0690 e. The molecule has 0 amide bonds. The molecule has 1 rings (SSSR count). The predicted molar refractivity (Wildman–Crippen MR) is 51.5 cm³/mol. The molecule has 0 unspecified atom stereocenters. The van der Waals surface area contributed by atoms with Crippen LogP contribution in [-0.2, 0) is 0 Å². The van der Waals surface area contributed by atoms with Crippen molar-refractivity contribution in [3.8, 4) is 0 Å². The standard InChI is InChI=1S/C8H12ClNS/c1-10-5-4-7(9)8-3-2-6-11-8/h2-3,6-7,10H,4-5H2,1H3/t7-/m0/s1. The molecule has 1 N–H and O–H groups in total. The van der Waals surface area contributed by atoms with Crippen molar-refractivity contribution < 1.29 is 0 Å². The zero-order chi connectivity index (χ0) is 8.10. The van der Waals surface area contributed by atoms with Crippen LogP contribution in [0.3, 0.4) is 0 Å². The van der Waals surface area contributed by atoms with E-state index in [0.29, 0.717) is 0 Å². The SMILES string of the molecule is CNCC[C@H](Cl)c1cccs1. The van der Waals surface area contributed by atoms with Gasteiger partial charge in [0.25, 0.3) is 0 Å². The minimum absolute atomic E-state index is 0.183. The Morgan fingerprint density at radius 3 is 3.09 bits per heavy atom. The summed E-state index contributed by atoms with van der Waals surface area (Å²) in [5.41, 5.74) is 0. The molecule has 3 heteroatoms. The number of halogens is 1. The molecule has 1 nitrogen and oxygen atoms in total. The second kappa shape index (κ2) is 4.75. The molecule has 0 saturated heterocycles. The van der Waals surface area contributed by atoms with Gasteiger partial charge in [0.15, 0.2) is 0 Å². The Morgan fingerprint density at radius 2 is 2.55 bits per heavy atom. The van der Waals surface area contributed by atoms with Crippen LogP contribution >= 0.6 is 22.9 Å². The average molecular weight is 190 g/mol. The summed E-state index contributed by atoms with van der Waals surface area (Å²) in [5.74, 6) is 0. The molecular formula is C8H12ClNS. The molecule has 0 saturated carbocycles. The van der Waals surface area contributed by atoms with E-state index in [1.165, 1.54) is 4.88 Å². The van der Waals surface area contributed by atoms with Crippen LogP contribution in [0, 0.1) is 0 Å². The molecule has 0 aliphatic carbocycles. The first-order valence-electron chi connectivity index (χ1n) is 3.66. The van der Waals surface area contributed by atoms with Crippen molar-refractivity contribution in [2.24, 2.45) is 0 Å². The van der Waals surface area contributed by atoms with Crippen molar-refractivity contribution in [3.63, 3.8) is 0 Å². The van der Waals surface area contributed by atoms with Crippen molar-refractivity contribution in [3.05, 3.63) is 22.4 Å². The monoisotopic (exact) mass is 189 g/mol. The molecule has 0 bridgehead atoms. The molecule has 1 atom stereocenters. The van der Waals surface area contributed by atoms with E-state index in [2.05, 4.69) is 16.8 Å². The smallest absolute Gasteiger partial charge is 0.0690 e. The summed E-state index contributed by atoms with van der Waals surface area (Å²) in [6, 6.07) is 4.12. The first kappa shape index (κ1) is 9.04. The Hall–Kier alpha value is -0.0500. The van der Waals surface area contributed by atoms with Crippen LogP contribution in [-0.4, -0.2) is 13.6 Å². The molecular weight excluding hydrogens is 178 g/mol. The van der Waals surface area contributed by atoms with Crippen LogP contribution in [0.15, 0.2) is 17.5 Å². The molecule has 0 aliphatic heterocycles. The summed E-state index contributed by atoms with van der Waals surface area (Å²) in [6.07, 6.45) is 0.999. The van der Waals surface area contributed by atoms with Gasteiger partial charge >= 0.3 is 0 Å². The Morgan fingerprint density at radius 1 is 1.73 bits per heavy atom.